The van der Waals surface area contributed by atoms with Gasteiger partial charge in [0.25, 0.3) is 0 Å². The molecule has 0 radical (unpaired) electrons. The summed E-state index contributed by atoms with van der Waals surface area (Å²) in [4.78, 5) is 15.7. The lowest BCUT2D eigenvalue weighted by molar-refractivity contribution is -0.116. The van der Waals surface area contributed by atoms with Crippen LogP contribution < -0.4 is 0 Å². The monoisotopic (exact) mass is 816 g/mol. The van der Waals surface area contributed by atoms with E-state index in [1.807, 2.05) is 0 Å². The molecule has 0 saturated heterocycles. The van der Waals surface area contributed by atoms with Gasteiger partial charge in [0, 0.05) is 24.0 Å². The third kappa shape index (κ3) is 1.18. The summed E-state index contributed by atoms with van der Waals surface area (Å²) in [6, 6.07) is 0. The van der Waals surface area contributed by atoms with Crippen molar-refractivity contribution in [2.24, 2.45) is 0 Å². The average molecular weight is 817 g/mol. The summed E-state index contributed by atoms with van der Waals surface area (Å²) in [6.45, 7) is 0. The molecule has 2 spiro atoms. The highest BCUT2D eigenvalue weighted by atomic mass is 16.5. The van der Waals surface area contributed by atoms with Crippen molar-refractivity contribution in [2.45, 2.75) is 23.9 Å². The van der Waals surface area contributed by atoms with Crippen LogP contribution in [0.5, 0.6) is 0 Å². The Hall–Kier alpha value is -8.33. The van der Waals surface area contributed by atoms with Gasteiger partial charge in [-0.3, -0.25) is 4.79 Å². The van der Waals surface area contributed by atoms with Gasteiger partial charge in [-0.2, -0.15) is 0 Å². The molecule has 28 aromatic carbocycles. The zero-order chi connectivity index (χ0) is 39.3. The number of hydrogen-bond acceptors (Lipinski definition) is 2. The number of allylic oxidation sites excluding steroid dienone is 1. The van der Waals surface area contributed by atoms with E-state index in [1.165, 1.54) is 65.3 Å². The number of hydrogen-bond donors (Lipinski definition) is 0. The van der Waals surface area contributed by atoms with E-state index in [0.717, 1.165) is 17.8 Å². The molecule has 1 heterocycles. The van der Waals surface area contributed by atoms with E-state index >= 15 is 4.79 Å². The highest BCUT2D eigenvalue weighted by Gasteiger charge is 2.77. The van der Waals surface area contributed by atoms with Crippen LogP contribution in [0.15, 0.2) is 11.3 Å². The van der Waals surface area contributed by atoms with Gasteiger partial charge in [-0.05, 0) is 302 Å². The lowest BCUT2D eigenvalue weighted by Gasteiger charge is -2.49. The minimum atomic E-state index is -0.820. The molecule has 0 fully saturated rings. The van der Waals surface area contributed by atoms with Gasteiger partial charge in [0.2, 0.25) is 0 Å². The lowest BCUT2D eigenvalue weighted by Crippen LogP contribution is -2.52. The number of ketones is 1. The molecule has 0 aromatic heterocycles. The Morgan fingerprint density at radius 1 is 0.224 bits per heavy atom. The number of ether oxygens (including phenoxy) is 1. The molecular formula is C65H4O2. The van der Waals surface area contributed by atoms with Crippen LogP contribution in [0.25, 0.3) is 291 Å². The van der Waals surface area contributed by atoms with E-state index in [4.69, 9.17) is 4.74 Å². The number of rotatable bonds is 0. The molecule has 0 N–H and O–H groups in total. The molecule has 276 valence electrons. The Morgan fingerprint density at radius 3 is 0.612 bits per heavy atom. The van der Waals surface area contributed by atoms with Crippen molar-refractivity contribution in [1.29, 1.82) is 0 Å². The largest absolute Gasteiger partial charge is 0.480 e. The second-order valence-corrected chi connectivity index (χ2v) is 25.0. The maximum absolute atomic E-state index is 15.7. The summed E-state index contributed by atoms with van der Waals surface area (Å²) in [5, 5.41) is 85.5. The van der Waals surface area contributed by atoms with E-state index in [-0.39, 0.29) is 0 Å². The zero-order valence-corrected chi connectivity index (χ0v) is 33.7. The Morgan fingerprint density at radius 2 is 0.403 bits per heavy atom. The van der Waals surface area contributed by atoms with Crippen molar-refractivity contribution in [3.8, 4) is 0 Å². The molecule has 2 heteroatoms. The molecule has 1 aliphatic heterocycles. The average Bonchev–Trinajstić information content (AvgIpc) is 4.17. The van der Waals surface area contributed by atoms with Crippen molar-refractivity contribution in [2.75, 3.05) is 0 Å². The Kier molecular flexibility index (Phi) is 1.82. The zero-order valence-electron chi connectivity index (χ0n) is 33.7. The Labute approximate surface area is 361 Å². The molecule has 6 aliphatic rings. The van der Waals surface area contributed by atoms with Crippen molar-refractivity contribution in [1.82, 2.24) is 0 Å². The molecular weight excluding hydrogens is 813 g/mol. The summed E-state index contributed by atoms with van der Waals surface area (Å²) in [5.74, 6) is 1.38. The maximum Gasteiger partial charge on any atom is 0.179 e. The SMILES string of the molecule is O=C1CCC2=C1C13c4c5c6c7c8c9c(c%10c%11c1c1c4c4c%12c5c5c6c6c8c8c%13c9c9c%10c%10c%11c%11c1c1c4c4c%12c%12c5c5c6c8c6c8c%13c9c9c%10c%10c%11c1c1c4c4c%12c5c6c5c8c9c%10c1c45)C73O2. The van der Waals surface area contributed by atoms with Gasteiger partial charge >= 0.3 is 0 Å². The van der Waals surface area contributed by atoms with Gasteiger partial charge in [0.05, 0.1) is 5.57 Å². The summed E-state index contributed by atoms with van der Waals surface area (Å²) >= 11 is 0. The minimum Gasteiger partial charge on any atom is -0.480 e. The topological polar surface area (TPSA) is 26.3 Å². The maximum atomic E-state index is 15.7. The first-order valence-electron chi connectivity index (χ1n) is 25.1. The third-order valence-electron chi connectivity index (χ3n) is 25.0. The molecule has 2 nitrogen and oxygen atoms in total. The Balaban J connectivity index is 1.24. The second-order valence-electron chi connectivity index (χ2n) is 25.0. The van der Waals surface area contributed by atoms with Gasteiger partial charge in [0.1, 0.15) is 11.2 Å². The summed E-state index contributed by atoms with van der Waals surface area (Å²) in [7, 11) is 0. The normalized spacial score (nSPS) is 23.9. The molecule has 0 bridgehead atoms. The van der Waals surface area contributed by atoms with E-state index in [9.17, 15) is 0 Å². The predicted molar refractivity (Wildman–Crippen MR) is 276 cm³/mol. The molecule has 5 aliphatic carbocycles. The number of carbonyl (C=O) groups is 1. The van der Waals surface area contributed by atoms with Gasteiger partial charge in [-0.25, -0.2) is 0 Å². The fraction of sp³-hybridized carbons (Fsp3) is 0.0615. The van der Waals surface area contributed by atoms with E-state index in [2.05, 4.69) is 0 Å². The minimum absolute atomic E-state index is 0.351. The number of benzene rings is 18. The fourth-order valence-electron chi connectivity index (χ4n) is 25.1. The van der Waals surface area contributed by atoms with Crippen LogP contribution in [0.2, 0.25) is 0 Å². The summed E-state index contributed by atoms with van der Waals surface area (Å²) in [5.41, 5.74) is 5.47. The van der Waals surface area contributed by atoms with Crippen molar-refractivity contribution in [3.05, 3.63) is 33.6 Å². The molecule has 34 rings (SSSR count). The van der Waals surface area contributed by atoms with Gasteiger partial charge in [0.15, 0.2) is 11.4 Å². The van der Waals surface area contributed by atoms with Crippen LogP contribution in [-0.4, -0.2) is 5.78 Å². The molecule has 28 aromatic rings. The molecule has 0 amide bonds. The quantitative estimate of drug-likeness (QED) is 0.143. The van der Waals surface area contributed by atoms with Gasteiger partial charge in [-0.1, -0.05) is 0 Å². The fourth-order valence-corrected chi connectivity index (χ4v) is 25.1. The summed E-state index contributed by atoms with van der Waals surface area (Å²) in [6.07, 6.45) is 1.29. The van der Waals surface area contributed by atoms with Crippen LogP contribution in [0.4, 0.5) is 0 Å². The number of carbonyl (C=O) groups excluding carboxylic acids is 1. The van der Waals surface area contributed by atoms with Crippen LogP contribution in [-0.2, 0) is 20.5 Å². The highest BCUT2D eigenvalue weighted by Crippen LogP contribution is 2.87. The molecule has 0 unspecified atom stereocenters. The molecule has 0 saturated carbocycles. The smallest absolute Gasteiger partial charge is 0.179 e. The van der Waals surface area contributed by atoms with E-state index < -0.39 is 11.0 Å². The highest BCUT2D eigenvalue weighted by molar-refractivity contribution is 6.82. The van der Waals surface area contributed by atoms with Crippen LogP contribution in [0.3, 0.4) is 0 Å². The van der Waals surface area contributed by atoms with Crippen molar-refractivity contribution in [3.63, 3.8) is 0 Å². The van der Waals surface area contributed by atoms with Crippen LogP contribution >= 0.6 is 0 Å². The summed E-state index contributed by atoms with van der Waals surface area (Å²) < 4.78 is 8.40. The van der Waals surface area contributed by atoms with Gasteiger partial charge in [-0.15, -0.1) is 0 Å². The first kappa shape index (κ1) is 23.7. The molecule has 67 heavy (non-hydrogen) atoms. The van der Waals surface area contributed by atoms with Crippen LogP contribution in [0, 0.1) is 0 Å². The van der Waals surface area contributed by atoms with Gasteiger partial charge < -0.3 is 4.74 Å². The predicted octanol–water partition coefficient (Wildman–Crippen LogP) is 16.9. The first-order chi connectivity index (χ1) is 33.3. The molecule has 0 atom stereocenters. The van der Waals surface area contributed by atoms with Crippen molar-refractivity contribution < 1.29 is 9.53 Å². The number of Topliss-reactive ketones (excluding diaryl/α,β-unsaturated/α-hetero) is 1. The second kappa shape index (κ2) is 5.15. The van der Waals surface area contributed by atoms with Crippen LogP contribution in [0.1, 0.15) is 35.1 Å². The first-order valence-corrected chi connectivity index (χ1v) is 25.1. The standard InChI is InChI=1S/C65H4O2/c66-3-1-2-4-59(3)64-60-51-43-33-23-15-7-5-6-9-13-11(7)19-27-21(13)31-25-17(9)18-10(6)14-12-8(5)16(15)24-30-20(12)28-22(14)32-26(18)36-35(25)47-41(31)49-39(27)45(37(43)29(19)23)53(60)55(49)62-57(47)58-48(36)42(32)50-40(28)46-38(30)44(34(24)33)52(51)61(64)54(46)56(50)63(58)65(62,64)67-4/h1-2H2. The Bertz CT molecular complexity index is 7070. The third-order valence-corrected chi connectivity index (χ3v) is 25.0. The van der Waals surface area contributed by atoms with E-state index in [0.29, 0.717) is 12.2 Å². The lowest BCUT2D eigenvalue weighted by atomic mass is 9.52. The van der Waals surface area contributed by atoms with E-state index in [1.54, 1.807) is 248 Å². The van der Waals surface area contributed by atoms with Crippen molar-refractivity contribution >= 4 is 297 Å².